The molecule has 0 bridgehead atoms. The Hall–Kier alpha value is -1.60. The van der Waals surface area contributed by atoms with Crippen LogP contribution in [0.5, 0.6) is 0 Å². The second kappa shape index (κ2) is 6.44. The van der Waals surface area contributed by atoms with Crippen molar-refractivity contribution in [3.63, 3.8) is 0 Å². The van der Waals surface area contributed by atoms with Gasteiger partial charge in [0.05, 0.1) is 18.7 Å². The Kier molecular flexibility index (Phi) is 4.84. The van der Waals surface area contributed by atoms with E-state index in [0.29, 0.717) is 6.54 Å². The van der Waals surface area contributed by atoms with Crippen molar-refractivity contribution in [3.05, 3.63) is 35.4 Å². The van der Waals surface area contributed by atoms with Crippen LogP contribution in [0.3, 0.4) is 0 Å². The molecule has 7 heteroatoms. The zero-order chi connectivity index (χ0) is 15.5. The van der Waals surface area contributed by atoms with Crippen molar-refractivity contribution in [2.24, 2.45) is 0 Å². The number of morpholine rings is 1. The molecule has 116 valence electrons. The largest absolute Gasteiger partial charge is 0.416 e. The Balaban J connectivity index is 2.20. The van der Waals surface area contributed by atoms with Crippen LogP contribution in [-0.4, -0.2) is 44.2 Å². The minimum absolute atomic E-state index is 0.0555. The van der Waals surface area contributed by atoms with Gasteiger partial charge in [-0.2, -0.15) is 13.2 Å². The van der Waals surface area contributed by atoms with Crippen molar-refractivity contribution >= 4 is 5.91 Å². The molecule has 0 spiro atoms. The SMILES string of the molecule is COCC(=O)N1CCOC(c2ccccc2C(F)(F)F)C1. The van der Waals surface area contributed by atoms with Crippen molar-refractivity contribution in [2.45, 2.75) is 12.3 Å². The predicted octanol–water partition coefficient (Wildman–Crippen LogP) is 2.25. The molecule has 1 saturated heterocycles. The van der Waals surface area contributed by atoms with Gasteiger partial charge in [-0.1, -0.05) is 18.2 Å². The van der Waals surface area contributed by atoms with Crippen LogP contribution in [0.25, 0.3) is 0 Å². The molecule has 4 nitrogen and oxygen atoms in total. The summed E-state index contributed by atoms with van der Waals surface area (Å²) in [6.07, 6.45) is -5.23. The number of benzene rings is 1. The number of alkyl halides is 3. The number of amides is 1. The van der Waals surface area contributed by atoms with Gasteiger partial charge in [0.25, 0.3) is 0 Å². The zero-order valence-corrected chi connectivity index (χ0v) is 11.5. The molecule has 0 aromatic heterocycles. The third-order valence-corrected chi connectivity index (χ3v) is 3.30. The Morgan fingerprint density at radius 1 is 1.43 bits per heavy atom. The van der Waals surface area contributed by atoms with Gasteiger partial charge < -0.3 is 14.4 Å². The molecular weight excluding hydrogens is 287 g/mol. The van der Waals surface area contributed by atoms with Crippen molar-refractivity contribution in [2.75, 3.05) is 33.4 Å². The quantitative estimate of drug-likeness (QED) is 0.860. The molecule has 1 heterocycles. The first kappa shape index (κ1) is 15.8. The maximum Gasteiger partial charge on any atom is 0.416 e. The smallest absolute Gasteiger partial charge is 0.375 e. The maximum atomic E-state index is 13.0. The monoisotopic (exact) mass is 303 g/mol. The summed E-state index contributed by atoms with van der Waals surface area (Å²) in [4.78, 5) is 13.2. The third kappa shape index (κ3) is 3.74. The average molecular weight is 303 g/mol. The number of methoxy groups -OCH3 is 1. The Bertz CT molecular complexity index is 504. The van der Waals surface area contributed by atoms with E-state index in [9.17, 15) is 18.0 Å². The van der Waals surface area contributed by atoms with Crippen LogP contribution in [0.15, 0.2) is 24.3 Å². The van der Waals surface area contributed by atoms with Gasteiger partial charge in [0.15, 0.2) is 0 Å². The zero-order valence-electron chi connectivity index (χ0n) is 11.5. The van der Waals surface area contributed by atoms with Crippen molar-refractivity contribution in [1.29, 1.82) is 0 Å². The number of nitrogens with zero attached hydrogens (tertiary/aromatic N) is 1. The van der Waals surface area contributed by atoms with Gasteiger partial charge in [-0.3, -0.25) is 4.79 Å². The molecule has 1 unspecified atom stereocenters. The lowest BCUT2D eigenvalue weighted by molar-refractivity contribution is -0.145. The van der Waals surface area contributed by atoms with Crippen molar-refractivity contribution in [3.8, 4) is 0 Å². The molecular formula is C14H16F3NO3. The van der Waals surface area contributed by atoms with Gasteiger partial charge >= 0.3 is 6.18 Å². The molecule has 1 aromatic rings. The highest BCUT2D eigenvalue weighted by Crippen LogP contribution is 2.36. The first-order valence-electron chi connectivity index (χ1n) is 6.48. The molecule has 21 heavy (non-hydrogen) atoms. The highest BCUT2D eigenvalue weighted by Gasteiger charge is 2.36. The minimum Gasteiger partial charge on any atom is -0.375 e. The molecule has 0 N–H and O–H groups in total. The summed E-state index contributed by atoms with van der Waals surface area (Å²) in [5.41, 5.74) is -0.670. The number of carbonyl (C=O) groups is 1. The van der Waals surface area contributed by atoms with E-state index < -0.39 is 17.8 Å². The van der Waals surface area contributed by atoms with Crippen LogP contribution < -0.4 is 0 Å². The van der Waals surface area contributed by atoms with Crippen molar-refractivity contribution in [1.82, 2.24) is 4.90 Å². The predicted molar refractivity (Wildman–Crippen MR) is 68.6 cm³/mol. The lowest BCUT2D eigenvalue weighted by Gasteiger charge is -2.34. The molecule has 1 aliphatic rings. The fourth-order valence-corrected chi connectivity index (χ4v) is 2.31. The molecule has 1 fully saturated rings. The summed E-state index contributed by atoms with van der Waals surface area (Å²) in [5.74, 6) is -0.254. The lowest BCUT2D eigenvalue weighted by Crippen LogP contribution is -2.44. The first-order valence-corrected chi connectivity index (χ1v) is 6.48. The van der Waals surface area contributed by atoms with Gasteiger partial charge in [0, 0.05) is 13.7 Å². The Morgan fingerprint density at radius 2 is 2.14 bits per heavy atom. The van der Waals surface area contributed by atoms with Crippen LogP contribution in [-0.2, 0) is 20.4 Å². The topological polar surface area (TPSA) is 38.8 Å². The maximum absolute atomic E-state index is 13.0. The number of hydrogen-bond donors (Lipinski definition) is 0. The second-order valence-corrected chi connectivity index (χ2v) is 4.72. The van der Waals surface area contributed by atoms with E-state index in [-0.39, 0.29) is 31.2 Å². The van der Waals surface area contributed by atoms with Crippen LogP contribution in [0.1, 0.15) is 17.2 Å². The molecule has 2 rings (SSSR count). The standard InChI is InChI=1S/C14H16F3NO3/c1-20-9-13(19)18-6-7-21-12(8-18)10-4-2-3-5-11(10)14(15,16)17/h2-5,12H,6-9H2,1H3. The number of hydrogen-bond acceptors (Lipinski definition) is 3. The first-order chi connectivity index (χ1) is 9.93. The van der Waals surface area contributed by atoms with E-state index in [1.54, 1.807) is 0 Å². The minimum atomic E-state index is -4.45. The third-order valence-electron chi connectivity index (χ3n) is 3.30. The number of halogens is 3. The van der Waals surface area contributed by atoms with E-state index in [4.69, 9.17) is 9.47 Å². The van der Waals surface area contributed by atoms with E-state index in [1.165, 1.54) is 30.2 Å². The van der Waals surface area contributed by atoms with Crippen LogP contribution in [0.2, 0.25) is 0 Å². The Morgan fingerprint density at radius 3 is 2.81 bits per heavy atom. The van der Waals surface area contributed by atoms with E-state index in [1.807, 2.05) is 0 Å². The van der Waals surface area contributed by atoms with Crippen LogP contribution >= 0.6 is 0 Å². The molecule has 0 radical (unpaired) electrons. The van der Waals surface area contributed by atoms with Gasteiger partial charge in [0.2, 0.25) is 5.91 Å². The fourth-order valence-electron chi connectivity index (χ4n) is 2.31. The molecule has 0 aliphatic carbocycles. The van der Waals surface area contributed by atoms with Gasteiger partial charge in [0.1, 0.15) is 12.7 Å². The van der Waals surface area contributed by atoms with Gasteiger partial charge in [-0.25, -0.2) is 0 Å². The second-order valence-electron chi connectivity index (χ2n) is 4.72. The summed E-state index contributed by atoms with van der Waals surface area (Å²) < 4.78 is 49.3. The van der Waals surface area contributed by atoms with E-state index in [0.717, 1.165) is 6.07 Å². The summed E-state index contributed by atoms with van der Waals surface area (Å²) >= 11 is 0. The molecule has 0 saturated carbocycles. The highest BCUT2D eigenvalue weighted by atomic mass is 19.4. The van der Waals surface area contributed by atoms with E-state index >= 15 is 0 Å². The average Bonchev–Trinajstić information content (AvgIpc) is 2.47. The fraction of sp³-hybridized carbons (Fsp3) is 0.500. The van der Waals surface area contributed by atoms with Gasteiger partial charge in [-0.05, 0) is 11.6 Å². The van der Waals surface area contributed by atoms with Crippen molar-refractivity contribution < 1.29 is 27.4 Å². The van der Waals surface area contributed by atoms with Crippen LogP contribution in [0.4, 0.5) is 13.2 Å². The summed E-state index contributed by atoms with van der Waals surface area (Å²) in [5, 5.41) is 0. The number of carbonyl (C=O) groups excluding carboxylic acids is 1. The molecule has 1 atom stereocenters. The number of ether oxygens (including phenoxy) is 2. The molecule has 1 aromatic carbocycles. The highest BCUT2D eigenvalue weighted by molar-refractivity contribution is 5.77. The normalized spacial score (nSPS) is 19.6. The van der Waals surface area contributed by atoms with E-state index in [2.05, 4.69) is 0 Å². The molecule has 1 amide bonds. The Labute approximate surface area is 120 Å². The van der Waals surface area contributed by atoms with Gasteiger partial charge in [-0.15, -0.1) is 0 Å². The molecule has 1 aliphatic heterocycles. The van der Waals surface area contributed by atoms with Crippen LogP contribution in [0, 0.1) is 0 Å². The summed E-state index contributed by atoms with van der Waals surface area (Å²) in [6.45, 7) is 0.558. The number of rotatable bonds is 3. The summed E-state index contributed by atoms with van der Waals surface area (Å²) in [6, 6.07) is 5.28. The lowest BCUT2D eigenvalue weighted by atomic mass is 10.0. The summed E-state index contributed by atoms with van der Waals surface area (Å²) in [7, 11) is 1.40.